The summed E-state index contributed by atoms with van der Waals surface area (Å²) < 4.78 is 0. The molecule has 5 nitrogen and oxygen atoms in total. The molecule has 1 saturated heterocycles. The lowest BCUT2D eigenvalue weighted by molar-refractivity contribution is 0.390. The van der Waals surface area contributed by atoms with Gasteiger partial charge in [-0.3, -0.25) is 4.99 Å². The molecule has 0 aromatic carbocycles. The molecule has 0 radical (unpaired) electrons. The standard InChI is InChI=1S/C18H17N5/c19-6-12-2-1-11(3-14(12)7-20)13-4-15-8-22-18(15)17(5-13)23-16-9-21-10-16/h1-2,5,8,11,13,16,21,23H,3-4,9-10H2. The number of nitriles is 2. The van der Waals surface area contributed by atoms with E-state index in [1.165, 1.54) is 5.57 Å². The second-order valence-corrected chi connectivity index (χ2v) is 6.42. The molecular formula is C18H17N5. The molecule has 2 N–H and O–H groups in total. The van der Waals surface area contributed by atoms with E-state index in [2.05, 4.69) is 39.9 Å². The molecule has 0 bridgehead atoms. The van der Waals surface area contributed by atoms with Gasteiger partial charge >= 0.3 is 0 Å². The Balaban J connectivity index is 1.55. The van der Waals surface area contributed by atoms with Gasteiger partial charge in [0.2, 0.25) is 0 Å². The lowest BCUT2D eigenvalue weighted by Gasteiger charge is -2.37. The molecule has 2 heterocycles. The molecule has 2 aliphatic carbocycles. The van der Waals surface area contributed by atoms with Crippen LogP contribution in [-0.4, -0.2) is 24.8 Å². The summed E-state index contributed by atoms with van der Waals surface area (Å²) in [5.41, 5.74) is 4.64. The quantitative estimate of drug-likeness (QED) is 0.831. The smallest absolute Gasteiger partial charge is 0.100 e. The number of hydrogen-bond acceptors (Lipinski definition) is 5. The molecule has 2 atom stereocenters. The Morgan fingerprint density at radius 3 is 2.65 bits per heavy atom. The molecule has 114 valence electrons. The zero-order valence-corrected chi connectivity index (χ0v) is 12.7. The Labute approximate surface area is 135 Å². The topological polar surface area (TPSA) is 84.0 Å². The first-order valence-electron chi connectivity index (χ1n) is 7.96. The molecule has 2 aliphatic heterocycles. The second-order valence-electron chi connectivity index (χ2n) is 6.42. The van der Waals surface area contributed by atoms with E-state index in [9.17, 15) is 5.26 Å². The molecule has 0 amide bonds. The number of aliphatic imine (C=N–C) groups is 1. The molecule has 0 saturated carbocycles. The van der Waals surface area contributed by atoms with E-state index in [4.69, 9.17) is 5.26 Å². The van der Waals surface area contributed by atoms with Gasteiger partial charge in [0.15, 0.2) is 0 Å². The highest BCUT2D eigenvalue weighted by atomic mass is 15.1. The first kappa shape index (κ1) is 14.0. The average Bonchev–Trinajstić information content (AvgIpc) is 2.51. The highest BCUT2D eigenvalue weighted by molar-refractivity contribution is 6.16. The first-order valence-corrected chi connectivity index (χ1v) is 7.96. The maximum atomic E-state index is 9.27. The number of fused-ring (bicyclic) bond motifs is 1. The normalized spacial score (nSPS) is 29.0. The summed E-state index contributed by atoms with van der Waals surface area (Å²) in [5, 5.41) is 25.2. The Morgan fingerprint density at radius 1 is 1.17 bits per heavy atom. The van der Waals surface area contributed by atoms with Gasteiger partial charge in [-0.1, -0.05) is 12.2 Å². The number of hydrogen-bond donors (Lipinski definition) is 2. The Hall–Kier alpha value is -2.63. The Bertz CT molecular complexity index is 777. The monoisotopic (exact) mass is 303 g/mol. The van der Waals surface area contributed by atoms with Gasteiger partial charge < -0.3 is 10.6 Å². The van der Waals surface area contributed by atoms with Crippen LogP contribution in [0.4, 0.5) is 0 Å². The van der Waals surface area contributed by atoms with Gasteiger partial charge in [-0.2, -0.15) is 10.5 Å². The second kappa shape index (κ2) is 5.53. The summed E-state index contributed by atoms with van der Waals surface area (Å²) in [6, 6.07) is 4.78. The maximum Gasteiger partial charge on any atom is 0.100 e. The zero-order chi connectivity index (χ0) is 15.8. The summed E-state index contributed by atoms with van der Waals surface area (Å²) in [6.07, 6.45) is 9.73. The lowest BCUT2D eigenvalue weighted by Crippen LogP contribution is -2.56. The minimum Gasteiger partial charge on any atom is -0.378 e. The van der Waals surface area contributed by atoms with Crippen molar-refractivity contribution in [3.05, 3.63) is 46.8 Å². The van der Waals surface area contributed by atoms with Crippen LogP contribution >= 0.6 is 0 Å². The van der Waals surface area contributed by atoms with Crippen molar-refractivity contribution in [3.8, 4) is 12.1 Å². The summed E-state index contributed by atoms with van der Waals surface area (Å²) in [6.45, 7) is 1.98. The molecule has 4 aliphatic rings. The summed E-state index contributed by atoms with van der Waals surface area (Å²) in [7, 11) is 0. The number of rotatable bonds is 3. The van der Waals surface area contributed by atoms with Crippen LogP contribution in [0.5, 0.6) is 0 Å². The van der Waals surface area contributed by atoms with Crippen LogP contribution in [-0.2, 0) is 0 Å². The fraction of sp³-hybridized carbons (Fsp3) is 0.389. The number of nitrogens with zero attached hydrogens (tertiary/aromatic N) is 3. The van der Waals surface area contributed by atoms with Crippen molar-refractivity contribution in [2.24, 2.45) is 16.8 Å². The fourth-order valence-corrected chi connectivity index (χ4v) is 3.46. The Kier molecular flexibility index (Phi) is 3.37. The molecule has 2 unspecified atom stereocenters. The van der Waals surface area contributed by atoms with Crippen molar-refractivity contribution in [1.82, 2.24) is 10.6 Å². The van der Waals surface area contributed by atoms with Crippen LogP contribution in [0.2, 0.25) is 0 Å². The summed E-state index contributed by atoms with van der Waals surface area (Å²) >= 11 is 0. The molecular weight excluding hydrogens is 286 g/mol. The van der Waals surface area contributed by atoms with E-state index in [1.807, 2.05) is 12.3 Å². The molecule has 23 heavy (non-hydrogen) atoms. The fourth-order valence-electron chi connectivity index (χ4n) is 3.46. The van der Waals surface area contributed by atoms with Gasteiger partial charge in [-0.15, -0.1) is 0 Å². The predicted molar refractivity (Wildman–Crippen MR) is 87.0 cm³/mol. The molecule has 4 rings (SSSR count). The summed E-state index contributed by atoms with van der Waals surface area (Å²) in [5.74, 6) is 0.608. The van der Waals surface area contributed by atoms with Gasteiger partial charge in [-0.05, 0) is 36.3 Å². The third kappa shape index (κ3) is 2.40. The van der Waals surface area contributed by atoms with Crippen LogP contribution in [0.25, 0.3) is 0 Å². The largest absolute Gasteiger partial charge is 0.378 e. The predicted octanol–water partition coefficient (Wildman–Crippen LogP) is 1.71. The van der Waals surface area contributed by atoms with Gasteiger partial charge in [0.1, 0.15) is 6.07 Å². The molecule has 0 aromatic rings. The average molecular weight is 303 g/mol. The Morgan fingerprint density at radius 2 is 2.04 bits per heavy atom. The van der Waals surface area contributed by atoms with Crippen LogP contribution in [0.3, 0.4) is 0 Å². The SMILES string of the molecule is N#CC1=C(C#N)CC(C2C=C(NC3CNC3)C3=NC=C3C2)C=C1. The van der Waals surface area contributed by atoms with E-state index >= 15 is 0 Å². The van der Waals surface area contributed by atoms with Crippen molar-refractivity contribution in [2.75, 3.05) is 13.1 Å². The minimum atomic E-state index is 0.265. The van der Waals surface area contributed by atoms with Crippen molar-refractivity contribution in [3.63, 3.8) is 0 Å². The van der Waals surface area contributed by atoms with Crippen LogP contribution in [0, 0.1) is 34.5 Å². The highest BCUT2D eigenvalue weighted by Crippen LogP contribution is 2.38. The van der Waals surface area contributed by atoms with Gasteiger partial charge in [-0.25, -0.2) is 0 Å². The van der Waals surface area contributed by atoms with E-state index in [0.717, 1.165) is 30.9 Å². The van der Waals surface area contributed by atoms with Crippen molar-refractivity contribution in [1.29, 1.82) is 10.5 Å². The van der Waals surface area contributed by atoms with Gasteiger partial charge in [0.05, 0.1) is 29.1 Å². The van der Waals surface area contributed by atoms with E-state index in [1.54, 1.807) is 0 Å². The molecule has 0 spiro atoms. The van der Waals surface area contributed by atoms with Crippen LogP contribution < -0.4 is 10.6 Å². The van der Waals surface area contributed by atoms with Crippen molar-refractivity contribution >= 4 is 5.71 Å². The number of allylic oxidation sites excluding steroid dienone is 6. The highest BCUT2D eigenvalue weighted by Gasteiger charge is 2.33. The maximum absolute atomic E-state index is 9.27. The zero-order valence-electron chi connectivity index (χ0n) is 12.7. The first-order chi connectivity index (χ1) is 11.3. The van der Waals surface area contributed by atoms with Crippen LogP contribution in [0.1, 0.15) is 12.8 Å². The third-order valence-electron chi connectivity index (χ3n) is 4.97. The summed E-state index contributed by atoms with van der Waals surface area (Å²) in [4.78, 5) is 4.40. The van der Waals surface area contributed by atoms with Crippen LogP contribution in [0.15, 0.2) is 51.8 Å². The van der Waals surface area contributed by atoms with Gasteiger partial charge in [0.25, 0.3) is 0 Å². The van der Waals surface area contributed by atoms with Gasteiger partial charge in [0, 0.05) is 24.9 Å². The molecule has 1 fully saturated rings. The minimum absolute atomic E-state index is 0.265. The molecule has 0 aromatic heterocycles. The lowest BCUT2D eigenvalue weighted by atomic mass is 9.74. The number of nitrogens with one attached hydrogen (secondary N) is 2. The van der Waals surface area contributed by atoms with E-state index < -0.39 is 0 Å². The third-order valence-corrected chi connectivity index (χ3v) is 4.97. The van der Waals surface area contributed by atoms with Crippen molar-refractivity contribution < 1.29 is 0 Å². The molecule has 5 heteroatoms. The van der Waals surface area contributed by atoms with E-state index in [-0.39, 0.29) is 5.92 Å². The van der Waals surface area contributed by atoms with Crippen molar-refractivity contribution in [2.45, 2.75) is 18.9 Å². The van der Waals surface area contributed by atoms with E-state index in [0.29, 0.717) is 29.5 Å².